The molecular formula is C25H27ClN2O3. The highest BCUT2D eigenvalue weighted by Crippen LogP contribution is 2.38. The molecular weight excluding hydrogens is 412 g/mol. The fraction of sp³-hybridized carbons (Fsp3) is 0.360. The van der Waals surface area contributed by atoms with Gasteiger partial charge in [0, 0.05) is 22.7 Å². The summed E-state index contributed by atoms with van der Waals surface area (Å²) >= 11 is 6.02. The van der Waals surface area contributed by atoms with E-state index in [9.17, 15) is 4.79 Å². The minimum absolute atomic E-state index is 0.291. The van der Waals surface area contributed by atoms with Gasteiger partial charge in [-0.25, -0.2) is 4.98 Å². The van der Waals surface area contributed by atoms with E-state index in [1.807, 2.05) is 24.3 Å². The first kappa shape index (κ1) is 21.4. The van der Waals surface area contributed by atoms with Crippen LogP contribution >= 0.6 is 11.6 Å². The lowest BCUT2D eigenvalue weighted by molar-refractivity contribution is -0.137. The third-order valence-electron chi connectivity index (χ3n) is 6.10. The van der Waals surface area contributed by atoms with Crippen LogP contribution in [0.1, 0.15) is 56.4 Å². The van der Waals surface area contributed by atoms with Gasteiger partial charge in [0.05, 0.1) is 6.20 Å². The summed E-state index contributed by atoms with van der Waals surface area (Å²) in [6.45, 7) is 0. The third kappa shape index (κ3) is 5.88. The summed E-state index contributed by atoms with van der Waals surface area (Å²) < 4.78 is 5.86. The number of nitrogens with one attached hydrogen (secondary N) is 1. The third-order valence-corrected chi connectivity index (χ3v) is 6.33. The standard InChI is InChI=1S/C25H27ClN2O3/c26-21-4-2-5-22(15-21)28-25-27-16-23(31-25)20-13-11-19(12-14-20)18-9-7-17(8-10-18)3-1-6-24(29)30/h2,4-5,11-18H,1,3,6-10H2,(H,27,28)(H,29,30). The predicted molar refractivity (Wildman–Crippen MR) is 123 cm³/mol. The van der Waals surface area contributed by atoms with Gasteiger partial charge in [-0.3, -0.25) is 4.79 Å². The molecule has 0 spiro atoms. The molecule has 1 saturated carbocycles. The molecule has 162 valence electrons. The molecule has 4 rings (SSSR count). The van der Waals surface area contributed by atoms with E-state index in [0.29, 0.717) is 29.3 Å². The highest BCUT2D eigenvalue weighted by Gasteiger charge is 2.22. The van der Waals surface area contributed by atoms with Gasteiger partial charge in [0.25, 0.3) is 6.01 Å². The first-order chi connectivity index (χ1) is 15.1. The molecule has 2 N–H and O–H groups in total. The van der Waals surface area contributed by atoms with E-state index in [2.05, 4.69) is 34.6 Å². The number of hydrogen-bond donors (Lipinski definition) is 2. The normalized spacial score (nSPS) is 18.6. The van der Waals surface area contributed by atoms with Gasteiger partial charge in [0.1, 0.15) is 0 Å². The number of hydrogen-bond acceptors (Lipinski definition) is 4. The van der Waals surface area contributed by atoms with Crippen molar-refractivity contribution < 1.29 is 14.3 Å². The van der Waals surface area contributed by atoms with Crippen LogP contribution in [0.4, 0.5) is 11.7 Å². The van der Waals surface area contributed by atoms with Crippen LogP contribution in [0.15, 0.2) is 59.1 Å². The van der Waals surface area contributed by atoms with Crippen LogP contribution in [0.25, 0.3) is 11.3 Å². The van der Waals surface area contributed by atoms with Gasteiger partial charge < -0.3 is 14.8 Å². The maximum absolute atomic E-state index is 10.7. The molecule has 0 radical (unpaired) electrons. The van der Waals surface area contributed by atoms with Gasteiger partial charge in [0.15, 0.2) is 5.76 Å². The summed E-state index contributed by atoms with van der Waals surface area (Å²) in [5, 5.41) is 12.6. The van der Waals surface area contributed by atoms with E-state index in [-0.39, 0.29) is 0 Å². The largest absolute Gasteiger partial charge is 0.481 e. The van der Waals surface area contributed by atoms with Crippen LogP contribution in [0.3, 0.4) is 0 Å². The smallest absolute Gasteiger partial charge is 0.303 e. The molecule has 2 aromatic carbocycles. The van der Waals surface area contributed by atoms with Crippen LogP contribution in [-0.4, -0.2) is 16.1 Å². The van der Waals surface area contributed by atoms with E-state index in [1.165, 1.54) is 31.2 Å². The fourth-order valence-electron chi connectivity index (χ4n) is 4.40. The number of aromatic nitrogens is 1. The van der Waals surface area contributed by atoms with Crippen molar-refractivity contribution in [1.82, 2.24) is 4.98 Å². The Morgan fingerprint density at radius 3 is 2.61 bits per heavy atom. The second-order valence-electron chi connectivity index (χ2n) is 8.29. The number of anilines is 2. The minimum atomic E-state index is -0.687. The Balaban J connectivity index is 1.32. The molecule has 1 aliphatic carbocycles. The van der Waals surface area contributed by atoms with Crippen molar-refractivity contribution in [2.45, 2.75) is 50.9 Å². The molecule has 0 amide bonds. The Bertz CT molecular complexity index is 1010. The Morgan fingerprint density at radius 1 is 1.13 bits per heavy atom. The molecule has 5 nitrogen and oxygen atoms in total. The summed E-state index contributed by atoms with van der Waals surface area (Å²) in [4.78, 5) is 15.0. The first-order valence-corrected chi connectivity index (χ1v) is 11.2. The zero-order valence-corrected chi connectivity index (χ0v) is 18.1. The lowest BCUT2D eigenvalue weighted by Crippen LogP contribution is -2.13. The SMILES string of the molecule is O=C(O)CCCC1CCC(c2ccc(-c3cnc(Nc4cccc(Cl)c4)o3)cc2)CC1. The Hall–Kier alpha value is -2.79. The molecule has 0 unspecified atom stereocenters. The highest BCUT2D eigenvalue weighted by atomic mass is 35.5. The molecule has 0 bridgehead atoms. The molecule has 6 heteroatoms. The maximum Gasteiger partial charge on any atom is 0.303 e. The zero-order chi connectivity index (χ0) is 21.6. The van der Waals surface area contributed by atoms with Crippen LogP contribution in [0.5, 0.6) is 0 Å². The quantitative estimate of drug-likeness (QED) is 0.386. The average molecular weight is 439 g/mol. The van der Waals surface area contributed by atoms with Crippen molar-refractivity contribution in [1.29, 1.82) is 0 Å². The summed E-state index contributed by atoms with van der Waals surface area (Å²) in [6.07, 6.45) is 8.57. The monoisotopic (exact) mass is 438 g/mol. The number of nitrogens with zero attached hydrogens (tertiary/aromatic N) is 1. The second kappa shape index (κ2) is 10.0. The number of rotatable bonds is 8. The summed E-state index contributed by atoms with van der Waals surface area (Å²) in [6, 6.07) is 16.4. The molecule has 1 heterocycles. The molecule has 0 saturated heterocycles. The number of halogens is 1. The lowest BCUT2D eigenvalue weighted by atomic mass is 9.77. The number of carboxylic acids is 1. The van der Waals surface area contributed by atoms with E-state index < -0.39 is 5.97 Å². The number of oxazole rings is 1. The van der Waals surface area contributed by atoms with Gasteiger partial charge in [-0.05, 0) is 74.1 Å². The maximum atomic E-state index is 10.7. The summed E-state index contributed by atoms with van der Waals surface area (Å²) in [5.41, 5.74) is 3.19. The van der Waals surface area contributed by atoms with Crippen molar-refractivity contribution in [3.8, 4) is 11.3 Å². The molecule has 31 heavy (non-hydrogen) atoms. The van der Waals surface area contributed by atoms with E-state index in [0.717, 1.165) is 29.9 Å². The first-order valence-electron chi connectivity index (χ1n) is 10.9. The molecule has 0 atom stereocenters. The number of aliphatic carboxylic acids is 1. The molecule has 1 fully saturated rings. The molecule has 0 aliphatic heterocycles. The number of carboxylic acid groups (broad SMARTS) is 1. The zero-order valence-electron chi connectivity index (χ0n) is 17.4. The van der Waals surface area contributed by atoms with Gasteiger partial charge in [0.2, 0.25) is 0 Å². The topological polar surface area (TPSA) is 75.4 Å². The number of carbonyl (C=O) groups is 1. The van der Waals surface area contributed by atoms with Gasteiger partial charge in [-0.1, -0.05) is 41.9 Å². The summed E-state index contributed by atoms with van der Waals surface area (Å²) in [5.74, 6) is 1.29. The van der Waals surface area contributed by atoms with Crippen LogP contribution < -0.4 is 5.32 Å². The van der Waals surface area contributed by atoms with Crippen molar-refractivity contribution >= 4 is 29.3 Å². The summed E-state index contributed by atoms with van der Waals surface area (Å²) in [7, 11) is 0. The van der Waals surface area contributed by atoms with Gasteiger partial charge in [-0.2, -0.15) is 0 Å². The van der Waals surface area contributed by atoms with Crippen LogP contribution in [-0.2, 0) is 4.79 Å². The van der Waals surface area contributed by atoms with Crippen molar-refractivity contribution in [2.24, 2.45) is 5.92 Å². The van der Waals surface area contributed by atoms with Crippen LogP contribution in [0, 0.1) is 5.92 Å². The molecule has 3 aromatic rings. The minimum Gasteiger partial charge on any atom is -0.481 e. The Kier molecular flexibility index (Phi) is 6.92. The van der Waals surface area contributed by atoms with Crippen LogP contribution in [0.2, 0.25) is 5.02 Å². The van der Waals surface area contributed by atoms with Gasteiger partial charge in [-0.15, -0.1) is 0 Å². The Labute approximate surface area is 187 Å². The highest BCUT2D eigenvalue weighted by molar-refractivity contribution is 6.30. The van der Waals surface area contributed by atoms with E-state index >= 15 is 0 Å². The predicted octanol–water partition coefficient (Wildman–Crippen LogP) is 7.27. The molecule has 1 aliphatic rings. The Morgan fingerprint density at radius 2 is 1.90 bits per heavy atom. The molecule has 1 aromatic heterocycles. The van der Waals surface area contributed by atoms with Gasteiger partial charge >= 0.3 is 5.97 Å². The van der Waals surface area contributed by atoms with Crippen molar-refractivity contribution in [3.05, 3.63) is 65.3 Å². The van der Waals surface area contributed by atoms with E-state index in [4.69, 9.17) is 21.1 Å². The average Bonchev–Trinajstić information content (AvgIpc) is 3.23. The lowest BCUT2D eigenvalue weighted by Gasteiger charge is -2.28. The second-order valence-corrected chi connectivity index (χ2v) is 8.73. The van der Waals surface area contributed by atoms with Crippen molar-refractivity contribution in [2.75, 3.05) is 5.32 Å². The number of benzene rings is 2. The fourth-order valence-corrected chi connectivity index (χ4v) is 4.59. The van der Waals surface area contributed by atoms with E-state index in [1.54, 1.807) is 6.20 Å². The van der Waals surface area contributed by atoms with Crippen molar-refractivity contribution in [3.63, 3.8) is 0 Å².